The van der Waals surface area contributed by atoms with Crippen LogP contribution in [0.4, 0.5) is 0 Å². The summed E-state index contributed by atoms with van der Waals surface area (Å²) < 4.78 is 0. The van der Waals surface area contributed by atoms with Gasteiger partial charge >= 0.3 is 0 Å². The Bertz CT molecular complexity index is 736. The quantitative estimate of drug-likeness (QED) is 0.874. The lowest BCUT2D eigenvalue weighted by atomic mass is 9.94. The van der Waals surface area contributed by atoms with Gasteiger partial charge in [-0.15, -0.1) is 0 Å². The van der Waals surface area contributed by atoms with E-state index in [4.69, 9.17) is 0 Å². The molecule has 2 aromatic rings. The van der Waals surface area contributed by atoms with E-state index < -0.39 is 0 Å². The molecule has 2 amide bonds. The molecule has 0 saturated carbocycles. The van der Waals surface area contributed by atoms with Crippen LogP contribution >= 0.6 is 0 Å². The zero-order valence-corrected chi connectivity index (χ0v) is 13.8. The van der Waals surface area contributed by atoms with Gasteiger partial charge in [0.2, 0.25) is 5.91 Å². The second-order valence-corrected chi connectivity index (χ2v) is 6.97. The lowest BCUT2D eigenvalue weighted by Gasteiger charge is -2.37. The Labute approximate surface area is 135 Å². The summed E-state index contributed by atoms with van der Waals surface area (Å²) in [6.07, 6.45) is 1.71. The molecule has 0 bridgehead atoms. The number of nitrogens with zero attached hydrogens (tertiary/aromatic N) is 3. The first-order chi connectivity index (χ1) is 10.9. The largest absolute Gasteiger partial charge is 0.339 e. The summed E-state index contributed by atoms with van der Waals surface area (Å²) in [4.78, 5) is 28.7. The number of piperazine rings is 1. The molecule has 122 valence electrons. The van der Waals surface area contributed by atoms with Crippen molar-refractivity contribution in [3.63, 3.8) is 0 Å². The Morgan fingerprint density at radius 2 is 1.74 bits per heavy atom. The first-order valence-corrected chi connectivity index (χ1v) is 7.88. The first kappa shape index (κ1) is 15.5. The van der Waals surface area contributed by atoms with Gasteiger partial charge in [-0.05, 0) is 6.07 Å². The summed E-state index contributed by atoms with van der Waals surface area (Å²) in [6.45, 7) is 8.06. The molecule has 0 spiro atoms. The Hall–Kier alpha value is -2.37. The van der Waals surface area contributed by atoms with Crippen molar-refractivity contribution in [3.8, 4) is 0 Å². The highest BCUT2D eigenvalue weighted by atomic mass is 16.2. The van der Waals surface area contributed by atoms with E-state index in [2.05, 4.69) is 10.2 Å². The third-order valence-corrected chi connectivity index (χ3v) is 4.20. The number of amides is 2. The molecule has 0 unspecified atom stereocenters. The van der Waals surface area contributed by atoms with Crippen LogP contribution in [-0.2, 0) is 4.79 Å². The number of aromatic amines is 1. The monoisotopic (exact) mass is 314 g/mol. The summed E-state index contributed by atoms with van der Waals surface area (Å²) in [7, 11) is 0. The molecular weight excluding hydrogens is 292 g/mol. The number of fused-ring (bicyclic) bond motifs is 1. The zero-order valence-electron chi connectivity index (χ0n) is 13.8. The van der Waals surface area contributed by atoms with Crippen LogP contribution in [0.25, 0.3) is 10.9 Å². The molecule has 0 aliphatic carbocycles. The molecule has 1 aliphatic rings. The second kappa shape index (κ2) is 5.68. The number of H-pyrrole nitrogens is 1. The van der Waals surface area contributed by atoms with Crippen molar-refractivity contribution in [2.45, 2.75) is 20.8 Å². The van der Waals surface area contributed by atoms with Crippen LogP contribution in [-0.4, -0.2) is 58.0 Å². The topological polar surface area (TPSA) is 69.3 Å². The molecule has 1 aromatic heterocycles. The number of carbonyl (C=O) groups excluding carboxylic acids is 2. The molecule has 3 rings (SSSR count). The fraction of sp³-hybridized carbons (Fsp3) is 0.471. The molecule has 1 fully saturated rings. The number of aromatic nitrogens is 2. The molecule has 1 aliphatic heterocycles. The highest BCUT2D eigenvalue weighted by molar-refractivity contribution is 6.05. The standard InChI is InChI=1S/C17H22N4O2/c1-17(2,3)16(23)21-9-7-20(8-10-21)15(22)13-6-4-5-12-11-18-19-14(12)13/h4-6,11H,7-10H2,1-3H3,(H,18,19). The van der Waals surface area contributed by atoms with E-state index in [-0.39, 0.29) is 17.2 Å². The van der Waals surface area contributed by atoms with Crippen LogP contribution in [0.1, 0.15) is 31.1 Å². The van der Waals surface area contributed by atoms with Crippen molar-refractivity contribution >= 4 is 22.7 Å². The van der Waals surface area contributed by atoms with Gasteiger partial charge in [0.15, 0.2) is 0 Å². The number of hydrogen-bond donors (Lipinski definition) is 1. The van der Waals surface area contributed by atoms with Crippen LogP contribution in [0.3, 0.4) is 0 Å². The van der Waals surface area contributed by atoms with E-state index >= 15 is 0 Å². The van der Waals surface area contributed by atoms with Gasteiger partial charge in [0.05, 0.1) is 17.3 Å². The number of nitrogens with one attached hydrogen (secondary N) is 1. The number of benzene rings is 1. The minimum Gasteiger partial charge on any atom is -0.339 e. The van der Waals surface area contributed by atoms with Crippen LogP contribution < -0.4 is 0 Å². The first-order valence-electron chi connectivity index (χ1n) is 7.88. The minimum atomic E-state index is -0.381. The van der Waals surface area contributed by atoms with Crippen LogP contribution in [0.2, 0.25) is 0 Å². The SMILES string of the molecule is CC(C)(C)C(=O)N1CCN(C(=O)c2cccc3cn[nH]c23)CC1. The van der Waals surface area contributed by atoms with Crippen LogP contribution in [0, 0.1) is 5.41 Å². The second-order valence-electron chi connectivity index (χ2n) is 6.97. The average molecular weight is 314 g/mol. The van der Waals surface area contributed by atoms with Crippen LogP contribution in [0.15, 0.2) is 24.4 Å². The van der Waals surface area contributed by atoms with Crippen molar-refractivity contribution in [2.24, 2.45) is 5.41 Å². The van der Waals surface area contributed by atoms with E-state index in [1.54, 1.807) is 6.20 Å². The van der Waals surface area contributed by atoms with Crippen molar-refractivity contribution < 1.29 is 9.59 Å². The molecule has 6 heteroatoms. The van der Waals surface area contributed by atoms with Gasteiger partial charge in [0, 0.05) is 37.0 Å². The van der Waals surface area contributed by atoms with Crippen LogP contribution in [0.5, 0.6) is 0 Å². The highest BCUT2D eigenvalue weighted by Crippen LogP contribution is 2.21. The fourth-order valence-corrected chi connectivity index (χ4v) is 2.90. The summed E-state index contributed by atoms with van der Waals surface area (Å²) >= 11 is 0. The van der Waals surface area contributed by atoms with E-state index in [1.807, 2.05) is 48.8 Å². The number of hydrogen-bond acceptors (Lipinski definition) is 3. The number of carbonyl (C=O) groups is 2. The van der Waals surface area contributed by atoms with Gasteiger partial charge in [-0.3, -0.25) is 14.7 Å². The maximum Gasteiger partial charge on any atom is 0.256 e. The van der Waals surface area contributed by atoms with Crippen molar-refractivity contribution in [1.29, 1.82) is 0 Å². The fourth-order valence-electron chi connectivity index (χ4n) is 2.90. The van der Waals surface area contributed by atoms with Gasteiger partial charge in [-0.25, -0.2) is 0 Å². The Morgan fingerprint density at radius 3 is 2.39 bits per heavy atom. The lowest BCUT2D eigenvalue weighted by molar-refractivity contribution is -0.140. The van der Waals surface area contributed by atoms with E-state index in [1.165, 1.54) is 0 Å². The summed E-state index contributed by atoms with van der Waals surface area (Å²) in [5.41, 5.74) is 1.02. The molecule has 6 nitrogen and oxygen atoms in total. The maximum absolute atomic E-state index is 12.8. The van der Waals surface area contributed by atoms with E-state index in [0.717, 1.165) is 10.9 Å². The maximum atomic E-state index is 12.8. The van der Waals surface area contributed by atoms with Crippen molar-refractivity contribution in [1.82, 2.24) is 20.0 Å². The molecule has 23 heavy (non-hydrogen) atoms. The molecule has 0 atom stereocenters. The molecule has 2 heterocycles. The third-order valence-electron chi connectivity index (χ3n) is 4.20. The average Bonchev–Trinajstić information content (AvgIpc) is 3.01. The van der Waals surface area contributed by atoms with E-state index in [0.29, 0.717) is 31.7 Å². The normalized spacial score (nSPS) is 16.0. The van der Waals surface area contributed by atoms with Gasteiger partial charge < -0.3 is 9.80 Å². The zero-order chi connectivity index (χ0) is 16.6. The Morgan fingerprint density at radius 1 is 1.09 bits per heavy atom. The van der Waals surface area contributed by atoms with Gasteiger partial charge in [-0.2, -0.15) is 5.10 Å². The molecule has 1 N–H and O–H groups in total. The lowest BCUT2D eigenvalue weighted by Crippen LogP contribution is -2.53. The summed E-state index contributed by atoms with van der Waals surface area (Å²) in [6, 6.07) is 5.61. The van der Waals surface area contributed by atoms with Crippen molar-refractivity contribution in [3.05, 3.63) is 30.0 Å². The predicted molar refractivity (Wildman–Crippen MR) is 88.0 cm³/mol. The molecule has 1 aromatic carbocycles. The third kappa shape index (κ3) is 2.93. The van der Waals surface area contributed by atoms with E-state index in [9.17, 15) is 9.59 Å². The number of rotatable bonds is 1. The molecule has 0 radical (unpaired) electrons. The summed E-state index contributed by atoms with van der Waals surface area (Å²) in [5, 5.41) is 7.82. The Kier molecular flexibility index (Phi) is 3.83. The summed E-state index contributed by atoms with van der Waals surface area (Å²) in [5.74, 6) is 0.128. The predicted octanol–water partition coefficient (Wildman–Crippen LogP) is 1.89. The molecule has 1 saturated heterocycles. The van der Waals surface area contributed by atoms with Gasteiger partial charge in [-0.1, -0.05) is 32.9 Å². The van der Waals surface area contributed by atoms with Gasteiger partial charge in [0.25, 0.3) is 5.91 Å². The highest BCUT2D eigenvalue weighted by Gasteiger charge is 2.31. The molecular formula is C17H22N4O2. The smallest absolute Gasteiger partial charge is 0.256 e. The number of para-hydroxylation sites is 1. The van der Waals surface area contributed by atoms with Crippen molar-refractivity contribution in [2.75, 3.05) is 26.2 Å². The Balaban J connectivity index is 1.72. The minimum absolute atomic E-state index is 0.0114. The van der Waals surface area contributed by atoms with Gasteiger partial charge in [0.1, 0.15) is 0 Å².